The van der Waals surface area contributed by atoms with Crippen molar-refractivity contribution in [3.05, 3.63) is 29.3 Å². The highest BCUT2D eigenvalue weighted by molar-refractivity contribution is 7.15. The van der Waals surface area contributed by atoms with E-state index in [1.165, 1.54) is 37.5 Å². The summed E-state index contributed by atoms with van der Waals surface area (Å²) < 4.78 is 5.82. The van der Waals surface area contributed by atoms with Gasteiger partial charge in [0, 0.05) is 12.8 Å². The fraction of sp³-hybridized carbons (Fsp3) is 0.474. The second-order valence-corrected chi connectivity index (χ2v) is 7.98. The number of aromatic nitrogens is 2. The Hall–Kier alpha value is -2.48. The lowest BCUT2D eigenvalue weighted by atomic mass is 9.90. The van der Waals surface area contributed by atoms with Crippen molar-refractivity contribution in [2.75, 3.05) is 16.8 Å². The molecular formula is C19H22N4O3S. The first-order valence-electron chi connectivity index (χ1n) is 9.30. The van der Waals surface area contributed by atoms with Crippen LogP contribution in [-0.2, 0) is 9.59 Å². The van der Waals surface area contributed by atoms with E-state index in [0.717, 1.165) is 17.8 Å². The maximum absolute atomic E-state index is 12.7. The molecule has 1 aliphatic heterocycles. The van der Waals surface area contributed by atoms with Crippen LogP contribution in [0.2, 0.25) is 0 Å². The number of hydrogen-bond donors (Lipinski definition) is 1. The van der Waals surface area contributed by atoms with Crippen LogP contribution in [0.3, 0.4) is 0 Å². The molecule has 1 saturated carbocycles. The number of para-hydroxylation sites is 2. The summed E-state index contributed by atoms with van der Waals surface area (Å²) in [5, 5.41) is 12.7. The van der Waals surface area contributed by atoms with E-state index in [9.17, 15) is 9.59 Å². The van der Waals surface area contributed by atoms with Crippen LogP contribution in [0, 0.1) is 0 Å². The Kier molecular flexibility index (Phi) is 5.07. The number of ether oxygens (including phenoxy) is 1. The number of carbonyl (C=O) groups is 2. The highest BCUT2D eigenvalue weighted by Crippen LogP contribution is 2.36. The number of hydrogen-bond acceptors (Lipinski definition) is 6. The molecule has 1 N–H and O–H groups in total. The van der Waals surface area contributed by atoms with Crippen LogP contribution in [-0.4, -0.2) is 34.7 Å². The maximum atomic E-state index is 12.7. The Labute approximate surface area is 161 Å². The highest BCUT2D eigenvalue weighted by atomic mass is 32.1. The molecule has 1 unspecified atom stereocenters. The van der Waals surface area contributed by atoms with E-state index in [-0.39, 0.29) is 18.4 Å². The fourth-order valence-corrected chi connectivity index (χ4v) is 4.57. The number of amides is 2. The molecule has 27 heavy (non-hydrogen) atoms. The van der Waals surface area contributed by atoms with Gasteiger partial charge < -0.3 is 9.64 Å². The number of rotatable bonds is 3. The SMILES string of the molecule is CC(=O)N1CC(C(=O)Nc2nnc(C3CCCCC3)s2)Oc2ccccc21. The molecule has 1 fully saturated rings. The summed E-state index contributed by atoms with van der Waals surface area (Å²) in [5.41, 5.74) is 0.685. The topological polar surface area (TPSA) is 84.4 Å². The monoisotopic (exact) mass is 386 g/mol. The summed E-state index contributed by atoms with van der Waals surface area (Å²) in [6.45, 7) is 1.66. The molecule has 1 aliphatic carbocycles. The molecule has 1 atom stereocenters. The van der Waals surface area contributed by atoms with Crippen molar-refractivity contribution in [3.8, 4) is 5.75 Å². The molecular weight excluding hydrogens is 364 g/mol. The number of nitrogens with one attached hydrogen (secondary N) is 1. The van der Waals surface area contributed by atoms with Crippen LogP contribution >= 0.6 is 11.3 Å². The highest BCUT2D eigenvalue weighted by Gasteiger charge is 2.33. The quantitative estimate of drug-likeness (QED) is 0.875. The molecule has 2 amide bonds. The molecule has 2 aliphatic rings. The van der Waals surface area contributed by atoms with Crippen molar-refractivity contribution in [1.82, 2.24) is 10.2 Å². The molecule has 0 radical (unpaired) electrons. The van der Waals surface area contributed by atoms with Gasteiger partial charge in [-0.25, -0.2) is 0 Å². The van der Waals surface area contributed by atoms with Gasteiger partial charge in [0.1, 0.15) is 10.8 Å². The number of anilines is 2. The third-order valence-electron chi connectivity index (χ3n) is 5.07. The predicted molar refractivity (Wildman–Crippen MR) is 103 cm³/mol. The fourth-order valence-electron chi connectivity index (χ4n) is 3.65. The number of benzene rings is 1. The first kappa shape index (κ1) is 17.9. The Morgan fingerprint density at radius 3 is 2.74 bits per heavy atom. The average Bonchev–Trinajstić information content (AvgIpc) is 3.16. The molecule has 4 rings (SSSR count). The molecule has 0 saturated heterocycles. The minimum atomic E-state index is -0.786. The Morgan fingerprint density at radius 2 is 1.96 bits per heavy atom. The first-order chi connectivity index (χ1) is 13.1. The van der Waals surface area contributed by atoms with E-state index < -0.39 is 6.10 Å². The predicted octanol–water partition coefficient (Wildman–Crippen LogP) is 3.34. The van der Waals surface area contributed by atoms with Gasteiger partial charge >= 0.3 is 0 Å². The van der Waals surface area contributed by atoms with Crippen LogP contribution in [0.1, 0.15) is 50.0 Å². The van der Waals surface area contributed by atoms with Gasteiger partial charge in [0.2, 0.25) is 11.0 Å². The molecule has 8 heteroatoms. The largest absolute Gasteiger partial charge is 0.476 e. The van der Waals surface area contributed by atoms with E-state index in [0.29, 0.717) is 22.5 Å². The smallest absolute Gasteiger partial charge is 0.269 e. The summed E-state index contributed by atoms with van der Waals surface area (Å²) in [5.74, 6) is 0.535. The second kappa shape index (κ2) is 7.64. The van der Waals surface area contributed by atoms with Crippen molar-refractivity contribution in [3.63, 3.8) is 0 Å². The van der Waals surface area contributed by atoms with Gasteiger partial charge in [-0.3, -0.25) is 14.9 Å². The molecule has 2 aromatic rings. The molecule has 0 bridgehead atoms. The van der Waals surface area contributed by atoms with Crippen LogP contribution < -0.4 is 15.0 Å². The molecule has 1 aromatic carbocycles. The van der Waals surface area contributed by atoms with Crippen molar-refractivity contribution in [1.29, 1.82) is 0 Å². The van der Waals surface area contributed by atoms with Gasteiger partial charge in [-0.05, 0) is 25.0 Å². The zero-order valence-corrected chi connectivity index (χ0v) is 16.0. The zero-order chi connectivity index (χ0) is 18.8. The van der Waals surface area contributed by atoms with Crippen LogP contribution in [0.4, 0.5) is 10.8 Å². The maximum Gasteiger partial charge on any atom is 0.269 e. The summed E-state index contributed by atoms with van der Waals surface area (Å²) in [6.07, 6.45) is 5.22. The third-order valence-corrected chi connectivity index (χ3v) is 6.07. The Balaban J connectivity index is 1.46. The van der Waals surface area contributed by atoms with Gasteiger partial charge in [0.15, 0.2) is 6.10 Å². The summed E-state index contributed by atoms with van der Waals surface area (Å²) in [4.78, 5) is 26.2. The van der Waals surface area contributed by atoms with E-state index >= 15 is 0 Å². The van der Waals surface area contributed by atoms with E-state index in [2.05, 4.69) is 15.5 Å². The number of fused-ring (bicyclic) bond motifs is 1. The average molecular weight is 386 g/mol. The molecule has 2 heterocycles. The lowest BCUT2D eigenvalue weighted by Crippen LogP contribution is -2.48. The van der Waals surface area contributed by atoms with Gasteiger partial charge in [0.25, 0.3) is 5.91 Å². The Morgan fingerprint density at radius 1 is 1.19 bits per heavy atom. The minimum Gasteiger partial charge on any atom is -0.476 e. The van der Waals surface area contributed by atoms with E-state index in [1.54, 1.807) is 11.0 Å². The molecule has 7 nitrogen and oxygen atoms in total. The third kappa shape index (κ3) is 3.80. The van der Waals surface area contributed by atoms with Crippen molar-refractivity contribution < 1.29 is 14.3 Å². The number of carbonyl (C=O) groups excluding carboxylic acids is 2. The summed E-state index contributed by atoms with van der Waals surface area (Å²) in [6, 6.07) is 7.23. The van der Waals surface area contributed by atoms with Gasteiger partial charge in [-0.2, -0.15) is 0 Å². The van der Waals surface area contributed by atoms with Crippen LogP contribution in [0.25, 0.3) is 0 Å². The summed E-state index contributed by atoms with van der Waals surface area (Å²) in [7, 11) is 0. The summed E-state index contributed by atoms with van der Waals surface area (Å²) >= 11 is 1.43. The minimum absolute atomic E-state index is 0.126. The second-order valence-electron chi connectivity index (χ2n) is 6.97. The number of nitrogens with zero attached hydrogens (tertiary/aromatic N) is 3. The lowest BCUT2D eigenvalue weighted by molar-refractivity contribution is -0.123. The molecule has 0 spiro atoms. The first-order valence-corrected chi connectivity index (χ1v) is 10.1. The van der Waals surface area contributed by atoms with Crippen molar-refractivity contribution in [2.45, 2.75) is 51.0 Å². The zero-order valence-electron chi connectivity index (χ0n) is 15.2. The van der Waals surface area contributed by atoms with Gasteiger partial charge in [-0.1, -0.05) is 42.7 Å². The van der Waals surface area contributed by atoms with E-state index in [4.69, 9.17) is 4.74 Å². The van der Waals surface area contributed by atoms with Crippen molar-refractivity contribution in [2.24, 2.45) is 0 Å². The van der Waals surface area contributed by atoms with E-state index in [1.807, 2.05) is 18.2 Å². The van der Waals surface area contributed by atoms with Gasteiger partial charge in [0.05, 0.1) is 12.2 Å². The molecule has 142 valence electrons. The van der Waals surface area contributed by atoms with Crippen LogP contribution in [0.15, 0.2) is 24.3 Å². The molecule has 1 aromatic heterocycles. The normalized spacial score (nSPS) is 19.9. The van der Waals surface area contributed by atoms with Crippen LogP contribution in [0.5, 0.6) is 5.75 Å². The lowest BCUT2D eigenvalue weighted by Gasteiger charge is -2.33. The Bertz CT molecular complexity index is 847. The van der Waals surface area contributed by atoms with Crippen molar-refractivity contribution >= 4 is 34.0 Å². The van der Waals surface area contributed by atoms with Gasteiger partial charge in [-0.15, -0.1) is 10.2 Å². The standard InChI is InChI=1S/C19H22N4O3S/c1-12(24)23-11-16(26-15-10-6-5-9-14(15)23)17(25)20-19-22-21-18(27-19)13-7-3-2-4-8-13/h5-6,9-10,13,16H,2-4,7-8,11H2,1H3,(H,20,22,25).